The summed E-state index contributed by atoms with van der Waals surface area (Å²) < 4.78 is 25.7. The number of hydrogen-bond acceptors (Lipinski definition) is 12. The van der Waals surface area contributed by atoms with Crippen LogP contribution >= 0.6 is 0 Å². The zero-order chi connectivity index (χ0) is 42.0. The monoisotopic (exact) mass is 825 g/mol. The van der Waals surface area contributed by atoms with E-state index in [2.05, 4.69) is 55.4 Å². The van der Waals surface area contributed by atoms with Gasteiger partial charge in [-0.2, -0.15) is 0 Å². The Balaban J connectivity index is 0.867. The van der Waals surface area contributed by atoms with Gasteiger partial charge >= 0.3 is 11.9 Å². The molecule has 2 unspecified atom stereocenters. The highest BCUT2D eigenvalue weighted by molar-refractivity contribution is 5.85. The van der Waals surface area contributed by atoms with Gasteiger partial charge in [0.15, 0.2) is 0 Å². The quantitative estimate of drug-likeness (QED) is 0.0744. The molecular weight excluding hydrogens is 771 g/mol. The minimum Gasteiger partial charge on any atom is -0.497 e. The molecule has 0 radical (unpaired) electrons. The minimum atomic E-state index is -0.490. The number of hydrogen-bond donors (Lipinski definition) is 0. The van der Waals surface area contributed by atoms with E-state index in [0.717, 1.165) is 96.3 Å². The van der Waals surface area contributed by atoms with Crippen molar-refractivity contribution in [3.8, 4) is 11.5 Å². The van der Waals surface area contributed by atoms with Crippen molar-refractivity contribution in [2.75, 3.05) is 40.4 Å². The second-order valence-electron chi connectivity index (χ2n) is 17.1. The number of piperidine rings is 6. The number of esters is 2. The molecule has 61 heavy (non-hydrogen) atoms. The highest BCUT2D eigenvalue weighted by Crippen LogP contribution is 2.45. The summed E-state index contributed by atoms with van der Waals surface area (Å²) in [5.74, 6) is 2.68. The van der Waals surface area contributed by atoms with Gasteiger partial charge < -0.3 is 18.9 Å². The first-order valence-electron chi connectivity index (χ1n) is 21.7. The maximum absolute atomic E-state index is 13.8. The summed E-state index contributed by atoms with van der Waals surface area (Å²) in [6, 6.07) is 15.6. The van der Waals surface area contributed by atoms with Crippen LogP contribution in [0.25, 0.3) is 21.8 Å². The molecule has 0 N–H and O–H groups in total. The number of pyridine rings is 2. The summed E-state index contributed by atoms with van der Waals surface area (Å²) >= 11 is 0. The van der Waals surface area contributed by atoms with Crippen LogP contribution in [0.5, 0.6) is 11.5 Å². The third-order valence-corrected chi connectivity index (χ3v) is 13.8. The third kappa shape index (κ3) is 8.37. The zero-order valence-corrected chi connectivity index (χ0v) is 35.1. The molecule has 9 heterocycles. The molecule has 0 aliphatic carbocycles. The Morgan fingerprint density at radius 1 is 0.754 bits per heavy atom. The molecule has 11 rings (SSSR count). The van der Waals surface area contributed by atoms with Gasteiger partial charge in [-0.15, -0.1) is 18.3 Å². The van der Waals surface area contributed by atoms with Gasteiger partial charge in [-0.1, -0.05) is 17.4 Å². The summed E-state index contributed by atoms with van der Waals surface area (Å²) in [5, 5.41) is 10.5. The number of fused-ring (bicyclic) bond motifs is 8. The highest BCUT2D eigenvalue weighted by atomic mass is 16.5. The number of ether oxygens (including phenoxy) is 4. The van der Waals surface area contributed by atoms with E-state index >= 15 is 0 Å². The molecule has 2 aromatic carbocycles. The molecule has 13 heteroatoms. The van der Waals surface area contributed by atoms with Crippen LogP contribution in [0.4, 0.5) is 0 Å². The zero-order valence-electron chi connectivity index (χ0n) is 35.1. The Morgan fingerprint density at radius 2 is 1.28 bits per heavy atom. The Labute approximate surface area is 356 Å². The van der Waals surface area contributed by atoms with Crippen LogP contribution in [-0.2, 0) is 32.0 Å². The number of aromatic nitrogens is 5. The van der Waals surface area contributed by atoms with Crippen molar-refractivity contribution in [1.82, 2.24) is 34.8 Å². The summed E-state index contributed by atoms with van der Waals surface area (Å²) in [5.41, 5.74) is 4.14. The van der Waals surface area contributed by atoms with Crippen LogP contribution in [0.2, 0.25) is 0 Å². The van der Waals surface area contributed by atoms with Gasteiger partial charge in [0.05, 0.1) is 62.4 Å². The van der Waals surface area contributed by atoms with Gasteiger partial charge in [-0.3, -0.25) is 34.0 Å². The number of aryl methyl sites for hydroxylation is 2. The Kier molecular flexibility index (Phi) is 11.8. The standard InChI is InChI=1S/C48H55N7O6/c1-5-30-27-53-20-15-32(30)23-43(53)47(37-13-18-49-41-10-8-35(58-3)25-39(37)41)60-45(56)12-7-34-29-55(52-51-34)22-17-46(57)61-48(44-24-33-16-21-54(44)28-31(33)6-2)38-14-19-50-42-11-9-36(59-4)26-40(38)42/h5-6,8-11,13-14,18-19,25-26,29-33,43-44,47-48H,1-2,7,12,15-17,20-24,27-28H2,3-4H3/t30-,31-,32-,33-,43-,44-,47+,48+/m0/s1. The second kappa shape index (κ2) is 17.7. The van der Waals surface area contributed by atoms with Gasteiger partial charge in [-0.25, -0.2) is 0 Å². The smallest absolute Gasteiger partial charge is 0.308 e. The molecule has 10 atom stereocenters. The molecule has 4 bridgehead atoms. The number of carbonyl (C=O) groups is 2. The Bertz CT molecular complexity index is 2250. The van der Waals surface area contributed by atoms with Gasteiger partial charge in [0.2, 0.25) is 0 Å². The predicted molar refractivity (Wildman–Crippen MR) is 231 cm³/mol. The normalized spacial score (nSPS) is 26.4. The van der Waals surface area contributed by atoms with Crippen molar-refractivity contribution in [1.29, 1.82) is 0 Å². The van der Waals surface area contributed by atoms with E-state index < -0.39 is 12.2 Å². The maximum atomic E-state index is 13.8. The number of carbonyl (C=O) groups excluding carboxylic acids is 2. The van der Waals surface area contributed by atoms with Crippen molar-refractivity contribution in [2.24, 2.45) is 23.7 Å². The summed E-state index contributed by atoms with van der Waals surface area (Å²) in [4.78, 5) is 41.6. The minimum absolute atomic E-state index is 0.0302. The van der Waals surface area contributed by atoms with E-state index in [-0.39, 0.29) is 43.4 Å². The third-order valence-electron chi connectivity index (χ3n) is 13.8. The lowest BCUT2D eigenvalue weighted by atomic mass is 9.73. The number of methoxy groups -OCH3 is 2. The van der Waals surface area contributed by atoms with Gasteiger partial charge in [-0.05, 0) is 111 Å². The van der Waals surface area contributed by atoms with Crippen LogP contribution in [0.1, 0.15) is 67.6 Å². The van der Waals surface area contributed by atoms with E-state index in [4.69, 9.17) is 18.9 Å². The Hall–Kier alpha value is -5.66. The predicted octanol–water partition coefficient (Wildman–Crippen LogP) is 7.08. The lowest BCUT2D eigenvalue weighted by molar-refractivity contribution is -0.158. The van der Waals surface area contributed by atoms with E-state index in [1.807, 2.05) is 48.5 Å². The fourth-order valence-corrected chi connectivity index (χ4v) is 10.5. The molecule has 6 aliphatic heterocycles. The van der Waals surface area contributed by atoms with Crippen molar-refractivity contribution < 1.29 is 28.5 Å². The first-order valence-corrected chi connectivity index (χ1v) is 21.7. The average Bonchev–Trinajstić information content (AvgIpc) is 3.78. The van der Waals surface area contributed by atoms with Gasteiger partial charge in [0.1, 0.15) is 23.7 Å². The molecule has 6 fully saturated rings. The summed E-state index contributed by atoms with van der Waals surface area (Å²) in [7, 11) is 3.29. The molecule has 0 saturated carbocycles. The molecule has 6 saturated heterocycles. The lowest BCUT2D eigenvalue weighted by Gasteiger charge is -2.51. The summed E-state index contributed by atoms with van der Waals surface area (Å²) in [6.07, 6.45) is 13.2. The van der Waals surface area contributed by atoms with Crippen molar-refractivity contribution in [3.05, 3.63) is 109 Å². The van der Waals surface area contributed by atoms with Crippen LogP contribution in [0.3, 0.4) is 0 Å². The van der Waals surface area contributed by atoms with E-state index in [1.165, 1.54) is 0 Å². The SMILES string of the molecule is C=C[C@H]1CN2CC[C@H]1C[C@H]2[C@H](OC(=O)CCc1cn(CCC(=O)O[C@H](c2ccnc3ccc(OC)cc23)[C@@H]2C[C@@H]3CCN2C[C@@H]3C=C)nn1)c1ccnc2ccc(OC)cc12. The van der Waals surface area contributed by atoms with Crippen LogP contribution in [-0.4, -0.2) is 99.2 Å². The van der Waals surface area contributed by atoms with Crippen LogP contribution in [0.15, 0.2) is 92.4 Å². The van der Waals surface area contributed by atoms with E-state index in [1.54, 1.807) is 37.5 Å². The first-order chi connectivity index (χ1) is 29.8. The van der Waals surface area contributed by atoms with E-state index in [9.17, 15) is 9.59 Å². The van der Waals surface area contributed by atoms with Crippen molar-refractivity contribution in [2.45, 2.75) is 75.8 Å². The summed E-state index contributed by atoms with van der Waals surface area (Å²) in [6.45, 7) is 12.2. The molecule has 13 nitrogen and oxygen atoms in total. The first kappa shape index (κ1) is 40.7. The Morgan fingerprint density at radius 3 is 1.75 bits per heavy atom. The number of benzene rings is 2. The molecule has 0 spiro atoms. The molecule has 6 aliphatic rings. The molecular formula is C48H55N7O6. The highest BCUT2D eigenvalue weighted by Gasteiger charge is 2.46. The fourth-order valence-electron chi connectivity index (χ4n) is 10.5. The van der Waals surface area contributed by atoms with Crippen molar-refractivity contribution in [3.63, 3.8) is 0 Å². The fraction of sp³-hybridized carbons (Fsp3) is 0.458. The maximum Gasteiger partial charge on any atom is 0.308 e. The molecule has 5 aromatic rings. The lowest BCUT2D eigenvalue weighted by Crippen LogP contribution is -2.55. The topological polar surface area (TPSA) is 134 Å². The second-order valence-corrected chi connectivity index (χ2v) is 17.1. The average molecular weight is 826 g/mol. The number of nitrogens with zero attached hydrogens (tertiary/aromatic N) is 7. The van der Waals surface area contributed by atoms with Gasteiger partial charge in [0.25, 0.3) is 0 Å². The van der Waals surface area contributed by atoms with Crippen LogP contribution in [0, 0.1) is 23.7 Å². The van der Waals surface area contributed by atoms with Gasteiger partial charge in [0, 0.05) is 60.0 Å². The molecule has 318 valence electrons. The van der Waals surface area contributed by atoms with Crippen molar-refractivity contribution >= 4 is 33.7 Å². The van der Waals surface area contributed by atoms with Crippen LogP contribution < -0.4 is 9.47 Å². The molecule has 3 aromatic heterocycles. The molecule has 0 amide bonds. The van der Waals surface area contributed by atoms with E-state index in [0.29, 0.717) is 35.8 Å². The number of rotatable bonds is 16. The largest absolute Gasteiger partial charge is 0.497 e.